The van der Waals surface area contributed by atoms with Gasteiger partial charge in [-0.05, 0) is 62.4 Å². The zero-order valence-electron chi connectivity index (χ0n) is 18.0. The Morgan fingerprint density at radius 3 is 2.03 bits per heavy atom. The largest absolute Gasteiger partial charge is 0.490 e. The third-order valence-corrected chi connectivity index (χ3v) is 5.16. The maximum absolute atomic E-state index is 10.6. The summed E-state index contributed by atoms with van der Waals surface area (Å²) in [4.78, 5) is 21.8. The molecule has 8 nitrogen and oxygen atoms in total. The second-order valence-electron chi connectivity index (χ2n) is 7.45. The molecule has 3 heterocycles. The van der Waals surface area contributed by atoms with Crippen LogP contribution >= 0.6 is 0 Å². The molecule has 194 valence electrons. The third kappa shape index (κ3) is 10.7. The molecule has 2 fully saturated rings. The van der Waals surface area contributed by atoms with Crippen LogP contribution in [0.3, 0.4) is 0 Å². The predicted octanol–water partition coefficient (Wildman–Crippen LogP) is 3.41. The van der Waals surface area contributed by atoms with Gasteiger partial charge in [0.2, 0.25) is 0 Å². The average molecular weight is 504 g/mol. The molecule has 2 aliphatic heterocycles. The van der Waals surface area contributed by atoms with Crippen molar-refractivity contribution in [3.63, 3.8) is 0 Å². The highest BCUT2D eigenvalue weighted by Crippen LogP contribution is 2.40. The van der Waals surface area contributed by atoms with Gasteiger partial charge >= 0.3 is 24.3 Å². The topological polar surface area (TPSA) is 118 Å². The predicted molar refractivity (Wildman–Crippen MR) is 105 cm³/mol. The van der Waals surface area contributed by atoms with Crippen LogP contribution in [-0.4, -0.2) is 71.4 Å². The number of aliphatic carboxylic acids is 2. The fraction of sp³-hybridized carbons (Fsp3) is 0.650. The van der Waals surface area contributed by atoms with Crippen molar-refractivity contribution in [2.45, 2.75) is 50.2 Å². The number of halogens is 6. The number of hydrogen-bond acceptors (Lipinski definition) is 6. The van der Waals surface area contributed by atoms with Crippen molar-refractivity contribution >= 4 is 11.9 Å². The van der Waals surface area contributed by atoms with Gasteiger partial charge in [0.05, 0.1) is 12.2 Å². The minimum atomic E-state index is -5.08. The van der Waals surface area contributed by atoms with Gasteiger partial charge in [-0.3, -0.25) is 4.98 Å². The van der Waals surface area contributed by atoms with E-state index in [1.165, 1.54) is 12.0 Å². The van der Waals surface area contributed by atoms with Gasteiger partial charge in [-0.25, -0.2) is 9.59 Å². The third-order valence-electron chi connectivity index (χ3n) is 5.16. The van der Waals surface area contributed by atoms with E-state index in [1.807, 2.05) is 24.5 Å². The number of carbonyl (C=O) groups is 2. The number of alkyl halides is 6. The number of hydrogen-bond donors (Lipinski definition) is 3. The maximum atomic E-state index is 10.6. The molecule has 2 aliphatic rings. The van der Waals surface area contributed by atoms with Crippen molar-refractivity contribution < 1.29 is 55.6 Å². The molecule has 1 spiro atoms. The van der Waals surface area contributed by atoms with Crippen LogP contribution in [0.15, 0.2) is 24.5 Å². The first-order valence-electron chi connectivity index (χ1n) is 10.2. The lowest BCUT2D eigenvalue weighted by molar-refractivity contribution is -0.193. The van der Waals surface area contributed by atoms with Gasteiger partial charge in [-0.15, -0.1) is 0 Å². The molecule has 0 radical (unpaired) electrons. The lowest BCUT2D eigenvalue weighted by atomic mass is 9.78. The Morgan fingerprint density at radius 2 is 1.56 bits per heavy atom. The monoisotopic (exact) mass is 504 g/mol. The van der Waals surface area contributed by atoms with Crippen LogP contribution in [0.4, 0.5) is 26.3 Å². The first kappa shape index (κ1) is 29.6. The van der Waals surface area contributed by atoms with Crippen LogP contribution in [0, 0.1) is 5.92 Å². The molecule has 0 aromatic carbocycles. The molecule has 34 heavy (non-hydrogen) atoms. The fourth-order valence-corrected chi connectivity index (χ4v) is 3.49. The molecule has 0 saturated carbocycles. The molecular formula is C20H26F6N2O6. The van der Waals surface area contributed by atoms with E-state index in [2.05, 4.69) is 10.3 Å². The summed E-state index contributed by atoms with van der Waals surface area (Å²) in [6, 6.07) is 4.01. The standard InChI is InChI=1S/C16H24N2O2.2C2HF3O2/c1-7-17-8-2-14(1)13-19-11-3-15-4-12-20-16(15)5-9-18-10-6-16;2*3-2(4,5)1(6)7/h1-2,7-8,15,18H,3-6,9-13H2;2*(H,6,7). The van der Waals surface area contributed by atoms with Crippen LogP contribution in [0.1, 0.15) is 31.2 Å². The van der Waals surface area contributed by atoms with Crippen molar-refractivity contribution in [2.24, 2.45) is 5.92 Å². The molecule has 0 amide bonds. The van der Waals surface area contributed by atoms with Crippen molar-refractivity contribution in [1.29, 1.82) is 0 Å². The van der Waals surface area contributed by atoms with Crippen LogP contribution in [0.2, 0.25) is 0 Å². The number of ether oxygens (including phenoxy) is 2. The number of aromatic nitrogens is 1. The molecular weight excluding hydrogens is 478 g/mol. The Hall–Kier alpha value is -2.45. The van der Waals surface area contributed by atoms with Gasteiger partial charge in [0.15, 0.2) is 0 Å². The van der Waals surface area contributed by atoms with Crippen molar-refractivity contribution in [3.05, 3.63) is 30.1 Å². The van der Waals surface area contributed by atoms with Crippen LogP contribution in [0.25, 0.3) is 0 Å². The highest BCUT2D eigenvalue weighted by Gasteiger charge is 2.44. The van der Waals surface area contributed by atoms with Gasteiger partial charge in [0, 0.05) is 25.6 Å². The molecule has 3 rings (SSSR count). The average Bonchev–Trinajstić information content (AvgIpc) is 3.13. The van der Waals surface area contributed by atoms with Gasteiger partial charge in [-0.2, -0.15) is 26.3 Å². The number of carboxylic acid groups (broad SMARTS) is 2. The Balaban J connectivity index is 0.000000343. The quantitative estimate of drug-likeness (QED) is 0.413. The van der Waals surface area contributed by atoms with Crippen LogP contribution in [-0.2, 0) is 25.7 Å². The van der Waals surface area contributed by atoms with E-state index in [9.17, 15) is 26.3 Å². The lowest BCUT2D eigenvalue weighted by Gasteiger charge is -2.38. The van der Waals surface area contributed by atoms with Crippen molar-refractivity contribution in [1.82, 2.24) is 10.3 Å². The molecule has 3 N–H and O–H groups in total. The highest BCUT2D eigenvalue weighted by molar-refractivity contribution is 5.73. The summed E-state index contributed by atoms with van der Waals surface area (Å²) in [6.45, 7) is 4.62. The number of nitrogens with one attached hydrogen (secondary N) is 1. The summed E-state index contributed by atoms with van der Waals surface area (Å²) >= 11 is 0. The summed E-state index contributed by atoms with van der Waals surface area (Å²) in [6.07, 6.45) is -1.92. The Morgan fingerprint density at radius 1 is 1.06 bits per heavy atom. The van der Waals surface area contributed by atoms with E-state index in [0.29, 0.717) is 12.5 Å². The molecule has 1 aromatic heterocycles. The molecule has 14 heteroatoms. The van der Waals surface area contributed by atoms with Gasteiger partial charge in [-0.1, -0.05) is 0 Å². The van der Waals surface area contributed by atoms with Crippen molar-refractivity contribution in [2.75, 3.05) is 26.3 Å². The van der Waals surface area contributed by atoms with E-state index in [0.717, 1.165) is 45.6 Å². The molecule has 1 unspecified atom stereocenters. The molecule has 0 aliphatic carbocycles. The van der Waals surface area contributed by atoms with E-state index in [-0.39, 0.29) is 5.60 Å². The second-order valence-corrected chi connectivity index (χ2v) is 7.45. The fourth-order valence-electron chi connectivity index (χ4n) is 3.49. The summed E-state index contributed by atoms with van der Waals surface area (Å²) in [7, 11) is 0. The molecule has 1 atom stereocenters. The molecule has 0 bridgehead atoms. The normalized spacial score (nSPS) is 19.4. The summed E-state index contributed by atoms with van der Waals surface area (Å²) in [5.74, 6) is -4.85. The van der Waals surface area contributed by atoms with Crippen molar-refractivity contribution in [3.8, 4) is 0 Å². The summed E-state index contributed by atoms with van der Waals surface area (Å²) in [5.41, 5.74) is 1.34. The van der Waals surface area contributed by atoms with Gasteiger partial charge in [0.1, 0.15) is 0 Å². The highest BCUT2D eigenvalue weighted by atomic mass is 19.4. The van der Waals surface area contributed by atoms with E-state index >= 15 is 0 Å². The SMILES string of the molecule is O=C(O)C(F)(F)F.O=C(O)C(F)(F)F.c1cc(COCCC2CCOC23CCNCC3)ccn1. The Labute approximate surface area is 191 Å². The lowest BCUT2D eigenvalue weighted by Crippen LogP contribution is -2.46. The molecule has 2 saturated heterocycles. The number of carboxylic acids is 2. The van der Waals surface area contributed by atoms with Crippen LogP contribution in [0.5, 0.6) is 0 Å². The Bertz CT molecular complexity index is 730. The minimum Gasteiger partial charge on any atom is -0.475 e. The van der Waals surface area contributed by atoms with E-state index < -0.39 is 24.3 Å². The first-order valence-corrected chi connectivity index (χ1v) is 10.2. The second kappa shape index (κ2) is 13.4. The van der Waals surface area contributed by atoms with Gasteiger partial charge in [0.25, 0.3) is 0 Å². The first-order chi connectivity index (χ1) is 15.8. The summed E-state index contributed by atoms with van der Waals surface area (Å²) in [5, 5.41) is 17.7. The smallest absolute Gasteiger partial charge is 0.475 e. The maximum Gasteiger partial charge on any atom is 0.490 e. The number of nitrogens with zero attached hydrogens (tertiary/aromatic N) is 1. The number of rotatable bonds is 5. The Kier molecular flexibility index (Phi) is 11.7. The zero-order valence-corrected chi connectivity index (χ0v) is 18.0. The zero-order chi connectivity index (χ0) is 25.8. The summed E-state index contributed by atoms with van der Waals surface area (Å²) < 4.78 is 75.4. The van der Waals surface area contributed by atoms with E-state index in [1.54, 1.807) is 0 Å². The minimum absolute atomic E-state index is 0.144. The van der Waals surface area contributed by atoms with Gasteiger partial charge < -0.3 is 25.0 Å². The van der Waals surface area contributed by atoms with Crippen LogP contribution < -0.4 is 5.32 Å². The van der Waals surface area contributed by atoms with E-state index in [4.69, 9.17) is 29.3 Å². The number of piperidine rings is 1. The molecule has 1 aromatic rings. The number of pyridine rings is 1.